The van der Waals surface area contributed by atoms with Gasteiger partial charge in [0.15, 0.2) is 0 Å². The Morgan fingerprint density at radius 3 is 1.48 bits per heavy atom. The van der Waals surface area contributed by atoms with Crippen LogP contribution >= 0.6 is 7.82 Å². The number of rotatable bonds is 35. The Morgan fingerprint density at radius 2 is 1.07 bits per heavy atom. The zero-order valence-electron chi connectivity index (χ0n) is 31.0. The fourth-order valence-electron chi connectivity index (χ4n) is 5.69. The Kier molecular flexibility index (Phi) is 30.2. The van der Waals surface area contributed by atoms with Crippen molar-refractivity contribution in [2.75, 3.05) is 40.9 Å². The number of nitrogens with one attached hydrogen (secondary N) is 1. The van der Waals surface area contributed by atoms with Gasteiger partial charge in [0.1, 0.15) is 13.2 Å². The lowest BCUT2D eigenvalue weighted by Crippen LogP contribution is -2.46. The van der Waals surface area contributed by atoms with Gasteiger partial charge in [0.25, 0.3) is 7.82 Å². The average Bonchev–Trinajstić information content (AvgIpc) is 2.99. The van der Waals surface area contributed by atoms with Gasteiger partial charge < -0.3 is 28.8 Å². The van der Waals surface area contributed by atoms with Crippen LogP contribution in [0.3, 0.4) is 0 Å². The van der Waals surface area contributed by atoms with Gasteiger partial charge >= 0.3 is 0 Å². The van der Waals surface area contributed by atoms with E-state index in [0.29, 0.717) is 23.9 Å². The summed E-state index contributed by atoms with van der Waals surface area (Å²) in [7, 11) is 1.31. The molecule has 0 saturated heterocycles. The molecule has 0 heterocycles. The first-order valence-corrected chi connectivity index (χ1v) is 20.8. The van der Waals surface area contributed by atoms with Crippen molar-refractivity contribution >= 4 is 13.7 Å². The van der Waals surface area contributed by atoms with Crippen molar-refractivity contribution in [1.82, 2.24) is 5.32 Å². The third-order valence-corrected chi connectivity index (χ3v) is 9.81. The Hall–Kier alpha value is -0.500. The maximum absolute atomic E-state index is 12.7. The Bertz CT molecular complexity index is 733. The molecule has 8 nitrogen and oxygen atoms in total. The molecule has 0 aliphatic carbocycles. The number of phosphoric acid groups is 1. The SMILES string of the molecule is CCCCCCCCCCCCCCCCCCC(O)C(COP(=O)([O-])OCC[N+](C)(C)C)NC(=O)CCCCCCCCCC. The molecule has 0 fully saturated rings. The lowest BCUT2D eigenvalue weighted by molar-refractivity contribution is -0.870. The topological polar surface area (TPSA) is 108 Å². The summed E-state index contributed by atoms with van der Waals surface area (Å²) in [6.45, 7) is 4.68. The van der Waals surface area contributed by atoms with Crippen LogP contribution in [0.1, 0.15) is 181 Å². The van der Waals surface area contributed by atoms with Crippen molar-refractivity contribution in [3.05, 3.63) is 0 Å². The molecule has 0 spiro atoms. The maximum Gasteiger partial charge on any atom is 0.268 e. The molecule has 0 radical (unpaired) electrons. The van der Waals surface area contributed by atoms with Gasteiger partial charge in [0.2, 0.25) is 5.91 Å². The van der Waals surface area contributed by atoms with Crippen LogP contribution in [0, 0.1) is 0 Å². The zero-order chi connectivity index (χ0) is 34.4. The lowest BCUT2D eigenvalue weighted by Gasteiger charge is -2.30. The van der Waals surface area contributed by atoms with Crippen LogP contribution in [-0.4, -0.2) is 68.5 Å². The molecular formula is C37H77N2O6P. The van der Waals surface area contributed by atoms with Crippen molar-refractivity contribution in [3.8, 4) is 0 Å². The van der Waals surface area contributed by atoms with Gasteiger partial charge in [0, 0.05) is 6.42 Å². The summed E-state index contributed by atoms with van der Waals surface area (Å²) in [4.78, 5) is 25.1. The van der Waals surface area contributed by atoms with Crippen LogP contribution in [0.5, 0.6) is 0 Å². The normalized spacial score (nSPS) is 14.7. The molecule has 2 N–H and O–H groups in total. The van der Waals surface area contributed by atoms with E-state index in [1.165, 1.54) is 116 Å². The van der Waals surface area contributed by atoms with E-state index >= 15 is 0 Å². The predicted molar refractivity (Wildman–Crippen MR) is 192 cm³/mol. The number of nitrogens with zero attached hydrogens (tertiary/aromatic N) is 1. The van der Waals surface area contributed by atoms with Crippen LogP contribution in [0.15, 0.2) is 0 Å². The van der Waals surface area contributed by atoms with Gasteiger partial charge in [-0.15, -0.1) is 0 Å². The van der Waals surface area contributed by atoms with Crippen LogP contribution < -0.4 is 10.2 Å². The van der Waals surface area contributed by atoms with E-state index in [1.807, 2.05) is 21.1 Å². The molecule has 3 atom stereocenters. The molecule has 0 bridgehead atoms. The monoisotopic (exact) mass is 677 g/mol. The summed E-state index contributed by atoms with van der Waals surface area (Å²) >= 11 is 0. The molecule has 0 aromatic rings. The number of likely N-dealkylation sites (N-methyl/N-ethyl adjacent to an activating group) is 1. The molecule has 0 rings (SSSR count). The second kappa shape index (κ2) is 30.6. The molecule has 9 heteroatoms. The predicted octanol–water partition coefficient (Wildman–Crippen LogP) is 9.22. The van der Waals surface area contributed by atoms with Crippen LogP contribution in [-0.2, 0) is 18.4 Å². The Balaban J connectivity index is 4.37. The van der Waals surface area contributed by atoms with Crippen molar-refractivity contribution in [1.29, 1.82) is 0 Å². The molecule has 0 aromatic carbocycles. The lowest BCUT2D eigenvalue weighted by atomic mass is 10.0. The number of aliphatic hydroxyl groups is 1. The maximum atomic E-state index is 12.7. The number of phosphoric ester groups is 1. The molecular weight excluding hydrogens is 599 g/mol. The van der Waals surface area contributed by atoms with Crippen LogP contribution in [0.25, 0.3) is 0 Å². The third-order valence-electron chi connectivity index (χ3n) is 8.85. The van der Waals surface area contributed by atoms with Crippen molar-refractivity contribution < 1.29 is 32.9 Å². The highest BCUT2D eigenvalue weighted by Crippen LogP contribution is 2.38. The fourth-order valence-corrected chi connectivity index (χ4v) is 6.41. The first-order valence-electron chi connectivity index (χ1n) is 19.4. The second-order valence-electron chi connectivity index (χ2n) is 14.6. The highest BCUT2D eigenvalue weighted by atomic mass is 31.2. The molecule has 0 aromatic heterocycles. The van der Waals surface area contributed by atoms with Crippen LogP contribution in [0.4, 0.5) is 0 Å². The highest BCUT2D eigenvalue weighted by molar-refractivity contribution is 7.45. The summed E-state index contributed by atoms with van der Waals surface area (Å²) in [5.74, 6) is -0.169. The van der Waals surface area contributed by atoms with E-state index in [9.17, 15) is 19.4 Å². The van der Waals surface area contributed by atoms with E-state index in [1.54, 1.807) is 0 Å². The number of carbonyl (C=O) groups excluding carboxylic acids is 1. The average molecular weight is 677 g/mol. The standard InChI is InChI=1S/C37H77N2O6P/c1-6-8-10-12-14-16-17-18-19-20-21-22-23-24-26-28-30-36(40)35(34-45-46(42,43)44-33-32-39(3,4)5)38-37(41)31-29-27-25-15-13-11-9-7-2/h35-36,40H,6-34H2,1-5H3,(H-,38,41,42,43). The molecule has 1 amide bonds. The summed E-state index contributed by atoms with van der Waals surface area (Å²) in [5.41, 5.74) is 0. The van der Waals surface area contributed by atoms with E-state index < -0.39 is 20.0 Å². The third kappa shape index (κ3) is 32.1. The van der Waals surface area contributed by atoms with Gasteiger partial charge in [-0.3, -0.25) is 9.36 Å². The molecule has 0 saturated carbocycles. The largest absolute Gasteiger partial charge is 0.756 e. The summed E-state index contributed by atoms with van der Waals surface area (Å²) in [5, 5.41) is 13.8. The van der Waals surface area contributed by atoms with Gasteiger partial charge in [0.05, 0.1) is 39.9 Å². The van der Waals surface area contributed by atoms with E-state index in [0.717, 1.165) is 38.5 Å². The number of quaternary nitrogens is 1. The minimum absolute atomic E-state index is 0.0154. The van der Waals surface area contributed by atoms with Crippen LogP contribution in [0.2, 0.25) is 0 Å². The molecule has 276 valence electrons. The van der Waals surface area contributed by atoms with Gasteiger partial charge in [-0.05, 0) is 12.8 Å². The fraction of sp³-hybridized carbons (Fsp3) is 0.973. The summed E-state index contributed by atoms with van der Waals surface area (Å²) < 4.78 is 23.1. The number of carbonyl (C=O) groups is 1. The second-order valence-corrected chi connectivity index (χ2v) is 16.1. The van der Waals surface area contributed by atoms with Gasteiger partial charge in [-0.1, -0.05) is 162 Å². The van der Waals surface area contributed by atoms with E-state index in [4.69, 9.17) is 9.05 Å². The number of unbranched alkanes of at least 4 members (excludes halogenated alkanes) is 22. The highest BCUT2D eigenvalue weighted by Gasteiger charge is 2.24. The number of aliphatic hydroxyl groups excluding tert-OH is 1. The molecule has 3 unspecified atom stereocenters. The van der Waals surface area contributed by atoms with E-state index in [2.05, 4.69) is 19.2 Å². The number of amides is 1. The van der Waals surface area contributed by atoms with E-state index in [-0.39, 0.29) is 19.1 Å². The van der Waals surface area contributed by atoms with Crippen molar-refractivity contribution in [2.45, 2.75) is 193 Å². The van der Waals surface area contributed by atoms with Crippen molar-refractivity contribution in [3.63, 3.8) is 0 Å². The first-order chi connectivity index (χ1) is 22.0. The Morgan fingerprint density at radius 1 is 0.674 bits per heavy atom. The Labute approximate surface area is 285 Å². The summed E-state index contributed by atoms with van der Waals surface area (Å²) in [6.07, 6.45) is 29.6. The smallest absolute Gasteiger partial charge is 0.268 e. The minimum Gasteiger partial charge on any atom is -0.756 e. The number of hydrogen-bond donors (Lipinski definition) is 2. The molecule has 46 heavy (non-hydrogen) atoms. The minimum atomic E-state index is -4.54. The molecule has 0 aliphatic heterocycles. The van der Waals surface area contributed by atoms with Crippen molar-refractivity contribution in [2.24, 2.45) is 0 Å². The summed E-state index contributed by atoms with van der Waals surface area (Å²) in [6, 6.07) is -0.790. The zero-order valence-corrected chi connectivity index (χ0v) is 31.9. The molecule has 0 aliphatic rings. The van der Waals surface area contributed by atoms with Gasteiger partial charge in [-0.2, -0.15) is 0 Å². The number of hydrogen-bond acceptors (Lipinski definition) is 6. The van der Waals surface area contributed by atoms with Gasteiger partial charge in [-0.25, -0.2) is 0 Å². The first kappa shape index (κ1) is 45.5. The quantitative estimate of drug-likeness (QED) is 0.0394.